The summed E-state index contributed by atoms with van der Waals surface area (Å²) in [7, 11) is -3.14. The molecule has 3 aromatic rings. The summed E-state index contributed by atoms with van der Waals surface area (Å²) < 4.78 is 15.0. The number of benzene rings is 3. The van der Waals surface area contributed by atoms with Crippen LogP contribution in [-0.4, -0.2) is 10.3 Å². The number of aliphatic hydroxyl groups is 1. The van der Waals surface area contributed by atoms with Crippen molar-refractivity contribution in [3.05, 3.63) is 96.6 Å². The molecule has 1 N–H and O–H groups in total. The molecule has 0 heterocycles. The summed E-state index contributed by atoms with van der Waals surface area (Å²) >= 11 is 0. The van der Waals surface area contributed by atoms with Crippen LogP contribution in [0.4, 0.5) is 0 Å². The Hall–Kier alpha value is -2.15. The quantitative estimate of drug-likeness (QED) is 0.567. The highest BCUT2D eigenvalue weighted by Gasteiger charge is 2.52. The van der Waals surface area contributed by atoms with Crippen molar-refractivity contribution in [2.24, 2.45) is 0 Å². The van der Waals surface area contributed by atoms with Crippen molar-refractivity contribution in [3.63, 3.8) is 0 Å². The second kappa shape index (κ2) is 8.25. The SMILES string of the molecule is CCC(CC)(C(O)c1ccccc1)P(=O)(c1ccccc1)c1ccccc1. The first-order chi connectivity index (χ1) is 13.1. The van der Waals surface area contributed by atoms with Crippen molar-refractivity contribution in [1.82, 2.24) is 0 Å². The van der Waals surface area contributed by atoms with E-state index in [1.807, 2.05) is 105 Å². The third kappa shape index (κ3) is 3.29. The molecule has 0 amide bonds. The molecule has 27 heavy (non-hydrogen) atoms. The van der Waals surface area contributed by atoms with Crippen molar-refractivity contribution in [1.29, 1.82) is 0 Å². The summed E-state index contributed by atoms with van der Waals surface area (Å²) in [6.45, 7) is 4.07. The van der Waals surface area contributed by atoms with Crippen LogP contribution >= 0.6 is 7.14 Å². The Balaban J connectivity index is 2.29. The zero-order valence-electron chi connectivity index (χ0n) is 16.0. The molecule has 3 rings (SSSR count). The molecule has 2 nitrogen and oxygen atoms in total. The molecule has 0 aliphatic heterocycles. The van der Waals surface area contributed by atoms with Gasteiger partial charge in [-0.2, -0.15) is 0 Å². The van der Waals surface area contributed by atoms with Gasteiger partial charge in [0, 0.05) is 10.6 Å². The van der Waals surface area contributed by atoms with E-state index in [1.54, 1.807) is 0 Å². The van der Waals surface area contributed by atoms with Crippen LogP contribution in [0.1, 0.15) is 38.4 Å². The summed E-state index contributed by atoms with van der Waals surface area (Å²) in [5, 5.41) is 12.3. The monoisotopic (exact) mass is 378 g/mol. The summed E-state index contributed by atoms with van der Waals surface area (Å²) in [5.74, 6) is 0. The Morgan fingerprint density at radius 2 is 1.11 bits per heavy atom. The molecule has 0 saturated carbocycles. The Bertz CT molecular complexity index is 844. The van der Waals surface area contributed by atoms with Crippen molar-refractivity contribution in [2.45, 2.75) is 37.9 Å². The Labute approximate surface area is 162 Å². The fourth-order valence-corrected chi connectivity index (χ4v) is 8.03. The molecule has 1 unspecified atom stereocenters. The lowest BCUT2D eigenvalue weighted by atomic mass is 9.90. The first-order valence-corrected chi connectivity index (χ1v) is 11.2. The number of hydrogen-bond donors (Lipinski definition) is 1. The molecule has 0 aromatic heterocycles. The van der Waals surface area contributed by atoms with E-state index >= 15 is 0 Å². The highest BCUT2D eigenvalue weighted by molar-refractivity contribution is 7.80. The van der Waals surface area contributed by atoms with E-state index in [1.165, 1.54) is 0 Å². The minimum Gasteiger partial charge on any atom is -0.387 e. The maximum absolute atomic E-state index is 15.0. The van der Waals surface area contributed by atoms with E-state index in [0.717, 1.165) is 16.2 Å². The van der Waals surface area contributed by atoms with E-state index in [-0.39, 0.29) is 0 Å². The summed E-state index contributed by atoms with van der Waals surface area (Å²) in [5.41, 5.74) is 0.813. The van der Waals surface area contributed by atoms with E-state index in [9.17, 15) is 9.67 Å². The lowest BCUT2D eigenvalue weighted by molar-refractivity contribution is 0.118. The van der Waals surface area contributed by atoms with E-state index in [2.05, 4.69) is 0 Å². The third-order valence-corrected chi connectivity index (χ3v) is 9.90. The second-order valence-electron chi connectivity index (χ2n) is 6.90. The predicted octanol–water partition coefficient (Wildman–Crippen LogP) is 5.29. The minimum absolute atomic E-state index is 0.612. The number of rotatable bonds is 7. The molecule has 140 valence electrons. The molecule has 3 aromatic carbocycles. The summed E-state index contributed by atoms with van der Waals surface area (Å²) in [4.78, 5) is 0. The molecule has 3 heteroatoms. The topological polar surface area (TPSA) is 37.3 Å². The Morgan fingerprint density at radius 3 is 1.48 bits per heavy atom. The zero-order chi connectivity index (χ0) is 19.3. The minimum atomic E-state index is -3.14. The lowest BCUT2D eigenvalue weighted by Crippen LogP contribution is -2.42. The van der Waals surface area contributed by atoms with Crippen LogP contribution in [0, 0.1) is 0 Å². The molecule has 0 fully saturated rings. The van der Waals surface area contributed by atoms with Crippen molar-refractivity contribution in [3.8, 4) is 0 Å². The highest BCUT2D eigenvalue weighted by Crippen LogP contribution is 2.64. The largest absolute Gasteiger partial charge is 0.387 e. The van der Waals surface area contributed by atoms with Crippen LogP contribution < -0.4 is 10.6 Å². The van der Waals surface area contributed by atoms with Gasteiger partial charge in [-0.05, 0) is 18.4 Å². The van der Waals surface area contributed by atoms with E-state index < -0.39 is 18.4 Å². The molecule has 0 aliphatic carbocycles. The fourth-order valence-electron chi connectivity index (χ4n) is 4.14. The van der Waals surface area contributed by atoms with Gasteiger partial charge in [-0.15, -0.1) is 0 Å². The molecule has 0 aliphatic rings. The van der Waals surface area contributed by atoms with Crippen molar-refractivity contribution >= 4 is 17.8 Å². The second-order valence-corrected chi connectivity index (χ2v) is 10.0. The molecular formula is C24H27O2P. The van der Waals surface area contributed by atoms with Crippen LogP contribution in [0.2, 0.25) is 0 Å². The maximum Gasteiger partial charge on any atom is 0.151 e. The van der Waals surface area contributed by atoms with Gasteiger partial charge in [-0.25, -0.2) is 0 Å². The number of aliphatic hydroxyl groups excluding tert-OH is 1. The maximum atomic E-state index is 15.0. The zero-order valence-corrected chi connectivity index (χ0v) is 16.8. The molecule has 0 bridgehead atoms. The summed E-state index contributed by atoms with van der Waals surface area (Å²) in [6, 6.07) is 28.9. The molecule has 0 radical (unpaired) electrons. The average molecular weight is 378 g/mol. The van der Waals surface area contributed by atoms with Crippen molar-refractivity contribution < 1.29 is 9.67 Å². The van der Waals surface area contributed by atoms with Crippen LogP contribution in [0.5, 0.6) is 0 Å². The first kappa shape index (κ1) is 19.6. The molecular weight excluding hydrogens is 351 g/mol. The predicted molar refractivity (Wildman–Crippen MR) is 114 cm³/mol. The average Bonchev–Trinajstić information content (AvgIpc) is 2.76. The third-order valence-electron chi connectivity index (χ3n) is 5.72. The standard InChI is InChI=1S/C24H27O2P/c1-3-24(4-2,23(25)20-14-8-5-9-15-20)27(26,21-16-10-6-11-17-21)22-18-12-7-13-19-22/h5-19,23,25H,3-4H2,1-2H3. The van der Waals surface area contributed by atoms with E-state index in [0.29, 0.717) is 12.8 Å². The van der Waals surface area contributed by atoms with Crippen LogP contribution in [0.25, 0.3) is 0 Å². The van der Waals surface area contributed by atoms with Gasteiger partial charge in [0.15, 0.2) is 7.14 Å². The Kier molecular flexibility index (Phi) is 5.99. The van der Waals surface area contributed by atoms with Gasteiger partial charge < -0.3 is 9.67 Å². The molecule has 0 spiro atoms. The molecule has 1 atom stereocenters. The Morgan fingerprint density at radius 1 is 0.741 bits per heavy atom. The normalized spacial score (nSPS) is 13.3. The van der Waals surface area contributed by atoms with Gasteiger partial charge in [0.1, 0.15) is 0 Å². The van der Waals surface area contributed by atoms with Gasteiger partial charge >= 0.3 is 0 Å². The van der Waals surface area contributed by atoms with Crippen molar-refractivity contribution in [2.75, 3.05) is 0 Å². The van der Waals surface area contributed by atoms with Crippen LogP contribution in [-0.2, 0) is 4.57 Å². The number of hydrogen-bond acceptors (Lipinski definition) is 2. The summed E-state index contributed by atoms with van der Waals surface area (Å²) in [6.07, 6.45) is 0.404. The first-order valence-electron chi connectivity index (χ1n) is 9.54. The van der Waals surface area contributed by atoms with Gasteiger partial charge in [-0.3, -0.25) is 0 Å². The highest BCUT2D eigenvalue weighted by atomic mass is 31.2. The fraction of sp³-hybridized carbons (Fsp3) is 0.250. The van der Waals surface area contributed by atoms with Gasteiger partial charge in [0.2, 0.25) is 0 Å². The van der Waals surface area contributed by atoms with Crippen LogP contribution in [0.3, 0.4) is 0 Å². The molecule has 0 saturated heterocycles. The van der Waals surface area contributed by atoms with Gasteiger partial charge in [0.05, 0.1) is 11.3 Å². The van der Waals surface area contributed by atoms with Gasteiger partial charge in [-0.1, -0.05) is 105 Å². The smallest absolute Gasteiger partial charge is 0.151 e. The van der Waals surface area contributed by atoms with Gasteiger partial charge in [0.25, 0.3) is 0 Å². The van der Waals surface area contributed by atoms with E-state index in [4.69, 9.17) is 0 Å². The van der Waals surface area contributed by atoms with Crippen LogP contribution in [0.15, 0.2) is 91.0 Å². The lowest BCUT2D eigenvalue weighted by Gasteiger charge is -2.44.